The fourth-order valence-electron chi connectivity index (χ4n) is 4.54. The molecule has 1 saturated heterocycles. The van der Waals surface area contributed by atoms with Gasteiger partial charge in [-0.15, -0.1) is 0 Å². The number of aryl methyl sites for hydroxylation is 1. The third-order valence-corrected chi connectivity index (χ3v) is 6.82. The molecule has 0 bridgehead atoms. The quantitative estimate of drug-likeness (QED) is 0.271. The number of benzene rings is 2. The van der Waals surface area contributed by atoms with Gasteiger partial charge in [-0.2, -0.15) is 0 Å². The number of fused-ring (bicyclic) bond motifs is 1. The highest BCUT2D eigenvalue weighted by atomic mass is 16.5. The molecule has 0 spiro atoms. The monoisotopic (exact) mass is 518 g/mol. The minimum Gasteiger partial charge on any atom is -0.493 e. The lowest BCUT2D eigenvalue weighted by Crippen LogP contribution is -2.35. The van der Waals surface area contributed by atoms with Crippen LogP contribution >= 0.6 is 0 Å². The van der Waals surface area contributed by atoms with Crippen molar-refractivity contribution in [2.24, 2.45) is 0 Å². The smallest absolute Gasteiger partial charge is 0.360 e. The van der Waals surface area contributed by atoms with Crippen LogP contribution in [0.15, 0.2) is 57.3 Å². The van der Waals surface area contributed by atoms with Crippen molar-refractivity contribution in [2.75, 3.05) is 32.1 Å². The zero-order chi connectivity index (χ0) is 27.2. The molecule has 0 atom stereocenters. The second-order valence-corrected chi connectivity index (χ2v) is 10.3. The van der Waals surface area contributed by atoms with Crippen LogP contribution in [0.5, 0.6) is 11.5 Å². The number of carbonyl (C=O) groups is 1. The molecular formula is C31H38N2O5. The van der Waals surface area contributed by atoms with Crippen molar-refractivity contribution < 1.29 is 18.7 Å². The second-order valence-electron chi connectivity index (χ2n) is 10.3. The van der Waals surface area contributed by atoms with E-state index in [1.807, 2.05) is 45.0 Å². The minimum absolute atomic E-state index is 0.100. The second kappa shape index (κ2) is 12.3. The Hall–Kier alpha value is -3.58. The van der Waals surface area contributed by atoms with Crippen LogP contribution in [-0.4, -0.2) is 43.7 Å². The molecule has 1 amide bonds. The Kier molecular flexibility index (Phi) is 8.89. The predicted octanol–water partition coefficient (Wildman–Crippen LogP) is 6.12. The maximum Gasteiger partial charge on any atom is 0.360 e. The maximum atomic E-state index is 13.1. The lowest BCUT2D eigenvalue weighted by molar-refractivity contribution is 0.102. The molecule has 0 aliphatic carbocycles. The molecule has 1 aliphatic rings. The van der Waals surface area contributed by atoms with E-state index in [2.05, 4.69) is 30.3 Å². The number of hydrogen-bond acceptors (Lipinski definition) is 6. The van der Waals surface area contributed by atoms with Gasteiger partial charge in [0.1, 0.15) is 28.9 Å². The minimum atomic E-state index is -0.599. The Labute approximate surface area is 224 Å². The van der Waals surface area contributed by atoms with E-state index in [9.17, 15) is 9.59 Å². The van der Waals surface area contributed by atoms with Gasteiger partial charge in [0.15, 0.2) is 0 Å². The SMILES string of the molecule is CCCOc1ccc(C(=O)Nc2cc3ccc(OC4CCN(C)CC4)c(C)c3oc2=O)cc1CC=C(C)C. The van der Waals surface area contributed by atoms with Crippen LogP contribution in [0, 0.1) is 6.92 Å². The molecule has 0 saturated carbocycles. The Morgan fingerprint density at radius 2 is 1.87 bits per heavy atom. The van der Waals surface area contributed by atoms with Crippen molar-refractivity contribution in [2.45, 2.75) is 59.5 Å². The first kappa shape index (κ1) is 27.5. The lowest BCUT2D eigenvalue weighted by Gasteiger charge is -2.29. The van der Waals surface area contributed by atoms with Gasteiger partial charge in [-0.1, -0.05) is 18.6 Å². The number of nitrogens with zero attached hydrogens (tertiary/aromatic N) is 1. The van der Waals surface area contributed by atoms with Crippen LogP contribution < -0.4 is 20.4 Å². The van der Waals surface area contributed by atoms with Gasteiger partial charge in [-0.25, -0.2) is 4.79 Å². The average Bonchev–Trinajstić information content (AvgIpc) is 2.90. The number of amides is 1. The molecule has 2 heterocycles. The summed E-state index contributed by atoms with van der Waals surface area (Å²) in [5.74, 6) is 1.11. The molecule has 1 fully saturated rings. The van der Waals surface area contributed by atoms with Crippen molar-refractivity contribution in [3.05, 3.63) is 75.2 Å². The fourth-order valence-corrected chi connectivity index (χ4v) is 4.54. The van der Waals surface area contributed by atoms with E-state index in [-0.39, 0.29) is 17.7 Å². The van der Waals surface area contributed by atoms with E-state index in [1.165, 1.54) is 5.57 Å². The number of hydrogen-bond donors (Lipinski definition) is 1. The number of carbonyl (C=O) groups excluding carboxylic acids is 1. The maximum absolute atomic E-state index is 13.1. The molecule has 4 rings (SSSR count). The van der Waals surface area contributed by atoms with Crippen LogP contribution in [0.1, 0.15) is 61.5 Å². The van der Waals surface area contributed by atoms with Gasteiger partial charge in [-0.3, -0.25) is 4.79 Å². The number of allylic oxidation sites excluding steroid dienone is 2. The van der Waals surface area contributed by atoms with Crippen LogP contribution in [0.25, 0.3) is 11.0 Å². The van der Waals surface area contributed by atoms with Crippen molar-refractivity contribution in [3.63, 3.8) is 0 Å². The van der Waals surface area contributed by atoms with Crippen LogP contribution in [-0.2, 0) is 6.42 Å². The fraction of sp³-hybridized carbons (Fsp3) is 0.419. The molecule has 1 aliphatic heterocycles. The standard InChI is InChI=1S/C31H38N2O5/c1-6-17-36-28-12-10-24(18-22(28)8-7-20(2)3)30(34)32-26-19-23-9-11-27(21(4)29(23)38-31(26)35)37-25-13-15-33(5)16-14-25/h7,9-12,18-19,25H,6,8,13-17H2,1-5H3,(H,32,34). The molecule has 2 aromatic carbocycles. The van der Waals surface area contributed by atoms with Crippen molar-refractivity contribution >= 4 is 22.6 Å². The molecule has 0 radical (unpaired) electrons. The first-order valence-corrected chi connectivity index (χ1v) is 13.4. The van der Waals surface area contributed by atoms with E-state index in [1.54, 1.807) is 12.1 Å². The molecule has 7 heteroatoms. The molecule has 3 aromatic rings. The number of rotatable bonds is 9. The summed E-state index contributed by atoms with van der Waals surface area (Å²) in [6, 6.07) is 10.8. The van der Waals surface area contributed by atoms with E-state index in [0.717, 1.165) is 60.4 Å². The zero-order valence-electron chi connectivity index (χ0n) is 23.1. The Bertz CT molecular complexity index is 1380. The van der Waals surface area contributed by atoms with E-state index < -0.39 is 5.63 Å². The van der Waals surface area contributed by atoms with Crippen LogP contribution in [0.4, 0.5) is 5.69 Å². The van der Waals surface area contributed by atoms with Crippen molar-refractivity contribution in [3.8, 4) is 11.5 Å². The number of likely N-dealkylation sites (tertiary alicyclic amines) is 1. The summed E-state index contributed by atoms with van der Waals surface area (Å²) in [7, 11) is 2.11. The van der Waals surface area contributed by atoms with Gasteiger partial charge in [0, 0.05) is 29.6 Å². The summed E-state index contributed by atoms with van der Waals surface area (Å²) in [6.07, 6.45) is 5.72. The first-order chi connectivity index (χ1) is 18.2. The molecule has 0 unspecified atom stereocenters. The van der Waals surface area contributed by atoms with Gasteiger partial charge in [0.05, 0.1) is 6.61 Å². The highest BCUT2D eigenvalue weighted by molar-refractivity contribution is 6.05. The van der Waals surface area contributed by atoms with Gasteiger partial charge in [0.2, 0.25) is 0 Å². The summed E-state index contributed by atoms with van der Waals surface area (Å²) in [4.78, 5) is 28.3. The van der Waals surface area contributed by atoms with Gasteiger partial charge in [0.25, 0.3) is 5.91 Å². The van der Waals surface area contributed by atoms with E-state index in [4.69, 9.17) is 13.9 Å². The topological polar surface area (TPSA) is 81.0 Å². The number of anilines is 1. The third kappa shape index (κ3) is 6.64. The average molecular weight is 519 g/mol. The van der Waals surface area contributed by atoms with Crippen LogP contribution in [0.2, 0.25) is 0 Å². The molecule has 1 aromatic heterocycles. The highest BCUT2D eigenvalue weighted by Crippen LogP contribution is 2.30. The normalized spacial score (nSPS) is 14.3. The molecule has 1 N–H and O–H groups in total. The van der Waals surface area contributed by atoms with Gasteiger partial charge >= 0.3 is 5.63 Å². The first-order valence-electron chi connectivity index (χ1n) is 13.4. The highest BCUT2D eigenvalue weighted by Gasteiger charge is 2.20. The summed E-state index contributed by atoms with van der Waals surface area (Å²) in [5.41, 5.74) is 3.31. The van der Waals surface area contributed by atoms with Crippen molar-refractivity contribution in [1.29, 1.82) is 0 Å². The molecule has 38 heavy (non-hydrogen) atoms. The largest absolute Gasteiger partial charge is 0.493 e. The van der Waals surface area contributed by atoms with E-state index >= 15 is 0 Å². The Balaban J connectivity index is 1.55. The van der Waals surface area contributed by atoms with E-state index in [0.29, 0.717) is 24.2 Å². The van der Waals surface area contributed by atoms with Crippen LogP contribution in [0.3, 0.4) is 0 Å². The number of nitrogens with one attached hydrogen (secondary N) is 1. The predicted molar refractivity (Wildman–Crippen MR) is 152 cm³/mol. The van der Waals surface area contributed by atoms with Crippen molar-refractivity contribution in [1.82, 2.24) is 4.90 Å². The lowest BCUT2D eigenvalue weighted by atomic mass is 10.0. The number of ether oxygens (including phenoxy) is 2. The summed E-state index contributed by atoms with van der Waals surface area (Å²) in [5, 5.41) is 3.46. The van der Waals surface area contributed by atoms with Gasteiger partial charge < -0.3 is 24.1 Å². The zero-order valence-corrected chi connectivity index (χ0v) is 23.1. The molecule has 7 nitrogen and oxygen atoms in total. The Morgan fingerprint density at radius 1 is 1.13 bits per heavy atom. The van der Waals surface area contributed by atoms with Gasteiger partial charge in [-0.05, 0) is 95.5 Å². The Morgan fingerprint density at radius 3 is 2.58 bits per heavy atom. The summed E-state index contributed by atoms with van der Waals surface area (Å²) >= 11 is 0. The third-order valence-electron chi connectivity index (χ3n) is 6.82. The molecular weight excluding hydrogens is 480 g/mol. The number of piperidine rings is 1. The summed E-state index contributed by atoms with van der Waals surface area (Å²) < 4.78 is 17.8. The summed E-state index contributed by atoms with van der Waals surface area (Å²) in [6.45, 7) is 10.6. The molecule has 202 valence electrons.